The molecule has 1 N–H and O–H groups in total. The zero-order chi connectivity index (χ0) is 8.97. The number of amides is 1. The minimum Gasteiger partial charge on any atom is -0.359 e. The predicted octanol–water partition coefficient (Wildman–Crippen LogP) is 1.15. The first-order chi connectivity index (χ1) is 5.77. The first kappa shape index (κ1) is 9.86. The van der Waals surface area contributed by atoms with Gasteiger partial charge in [0, 0.05) is 13.0 Å². The molecule has 1 amide bonds. The highest BCUT2D eigenvalue weighted by Crippen LogP contribution is 2.26. The molecule has 0 spiro atoms. The molecule has 3 nitrogen and oxygen atoms in total. The molecule has 0 aromatic carbocycles. The number of carbonyl (C=O) groups excluding carboxylic acids is 1. The molecule has 1 aliphatic carbocycles. The number of rotatable bonds is 2. The molecular weight excluding hydrogens is 174 g/mol. The van der Waals surface area contributed by atoms with Crippen molar-refractivity contribution in [3.8, 4) is 0 Å². The van der Waals surface area contributed by atoms with Gasteiger partial charge in [0.2, 0.25) is 5.91 Å². The Hall–Kier alpha value is -0.220. The Morgan fingerprint density at radius 1 is 1.42 bits per heavy atom. The molecule has 1 aliphatic rings. The molecule has 0 bridgehead atoms. The summed E-state index contributed by atoms with van der Waals surface area (Å²) in [6, 6.07) is 0. The van der Waals surface area contributed by atoms with Crippen molar-refractivity contribution in [1.82, 2.24) is 5.32 Å². The summed E-state index contributed by atoms with van der Waals surface area (Å²) < 4.78 is 4.92. The summed E-state index contributed by atoms with van der Waals surface area (Å²) in [5, 5.41) is 2.67. The van der Waals surface area contributed by atoms with E-state index in [0.717, 1.165) is 25.7 Å². The average molecular weight is 189 g/mol. The highest BCUT2D eigenvalue weighted by atomic mass is 32.1. The fourth-order valence-electron chi connectivity index (χ4n) is 1.63. The molecule has 0 radical (unpaired) electrons. The fourth-order valence-corrected chi connectivity index (χ4v) is 1.85. The molecule has 0 unspecified atom stereocenters. The van der Waals surface area contributed by atoms with Crippen LogP contribution in [0.1, 0.15) is 25.7 Å². The monoisotopic (exact) mass is 189 g/mol. The van der Waals surface area contributed by atoms with Crippen molar-refractivity contribution in [3.05, 3.63) is 0 Å². The second-order valence-electron chi connectivity index (χ2n) is 3.19. The predicted molar refractivity (Wildman–Crippen MR) is 49.9 cm³/mol. The van der Waals surface area contributed by atoms with Gasteiger partial charge in [-0.25, -0.2) is 0 Å². The molecule has 1 fully saturated rings. The SMILES string of the molecule is CNC(=O)C1CCC(OS)CC1. The van der Waals surface area contributed by atoms with Gasteiger partial charge in [-0.3, -0.25) is 4.79 Å². The summed E-state index contributed by atoms with van der Waals surface area (Å²) >= 11 is 3.77. The second-order valence-corrected chi connectivity index (χ2v) is 3.40. The number of hydrogen-bond donors (Lipinski definition) is 2. The fraction of sp³-hybridized carbons (Fsp3) is 0.875. The van der Waals surface area contributed by atoms with Gasteiger partial charge in [0.25, 0.3) is 0 Å². The van der Waals surface area contributed by atoms with Gasteiger partial charge >= 0.3 is 0 Å². The Kier molecular flexibility index (Phi) is 3.88. The molecule has 0 heterocycles. The minimum atomic E-state index is 0.160. The van der Waals surface area contributed by atoms with Gasteiger partial charge in [-0.15, -0.1) is 0 Å². The van der Waals surface area contributed by atoms with Crippen molar-refractivity contribution in [3.63, 3.8) is 0 Å². The quantitative estimate of drug-likeness (QED) is 0.505. The molecule has 1 rings (SSSR count). The lowest BCUT2D eigenvalue weighted by molar-refractivity contribution is -0.125. The van der Waals surface area contributed by atoms with Crippen LogP contribution in [0.2, 0.25) is 0 Å². The Morgan fingerprint density at radius 2 is 2.00 bits per heavy atom. The van der Waals surface area contributed by atoms with E-state index < -0.39 is 0 Å². The van der Waals surface area contributed by atoms with Crippen LogP contribution in [0, 0.1) is 5.92 Å². The van der Waals surface area contributed by atoms with Crippen LogP contribution in [-0.2, 0) is 8.98 Å². The Balaban J connectivity index is 2.30. The molecule has 0 aromatic rings. The molecule has 0 saturated heterocycles. The van der Waals surface area contributed by atoms with Crippen LogP contribution in [0.25, 0.3) is 0 Å². The van der Waals surface area contributed by atoms with Crippen LogP contribution in [0.5, 0.6) is 0 Å². The third kappa shape index (κ3) is 2.38. The average Bonchev–Trinajstić information content (AvgIpc) is 2.17. The van der Waals surface area contributed by atoms with E-state index in [2.05, 4.69) is 18.2 Å². The van der Waals surface area contributed by atoms with Crippen LogP contribution in [0.15, 0.2) is 0 Å². The lowest BCUT2D eigenvalue weighted by Crippen LogP contribution is -2.31. The molecule has 0 atom stereocenters. The first-order valence-corrected chi connectivity index (χ1v) is 4.66. The Labute approximate surface area is 78.5 Å². The summed E-state index contributed by atoms with van der Waals surface area (Å²) in [6.45, 7) is 0. The normalized spacial score (nSPS) is 29.8. The van der Waals surface area contributed by atoms with Gasteiger partial charge in [0.15, 0.2) is 0 Å². The van der Waals surface area contributed by atoms with E-state index in [1.807, 2.05) is 0 Å². The summed E-state index contributed by atoms with van der Waals surface area (Å²) in [5.74, 6) is 0.349. The second kappa shape index (κ2) is 4.72. The number of carbonyl (C=O) groups is 1. The van der Waals surface area contributed by atoms with Gasteiger partial charge < -0.3 is 9.50 Å². The van der Waals surface area contributed by atoms with Gasteiger partial charge in [-0.2, -0.15) is 0 Å². The molecule has 0 aliphatic heterocycles. The van der Waals surface area contributed by atoms with Crippen LogP contribution < -0.4 is 5.32 Å². The number of hydrogen-bond acceptors (Lipinski definition) is 3. The topological polar surface area (TPSA) is 38.3 Å². The molecular formula is C8H15NO2S. The third-order valence-electron chi connectivity index (χ3n) is 2.44. The summed E-state index contributed by atoms with van der Waals surface area (Å²) in [6.07, 6.45) is 3.98. The zero-order valence-corrected chi connectivity index (χ0v) is 8.14. The zero-order valence-electron chi connectivity index (χ0n) is 7.25. The van der Waals surface area contributed by atoms with Crippen LogP contribution in [-0.4, -0.2) is 19.1 Å². The van der Waals surface area contributed by atoms with Gasteiger partial charge in [-0.1, -0.05) is 0 Å². The molecule has 1 saturated carbocycles. The van der Waals surface area contributed by atoms with Crippen LogP contribution in [0.4, 0.5) is 0 Å². The van der Waals surface area contributed by atoms with Gasteiger partial charge in [-0.05, 0) is 38.6 Å². The number of nitrogens with one attached hydrogen (secondary N) is 1. The van der Waals surface area contributed by atoms with Gasteiger partial charge in [0.1, 0.15) is 0 Å². The summed E-state index contributed by atoms with van der Waals surface area (Å²) in [7, 11) is 1.68. The molecule has 0 aromatic heterocycles. The van der Waals surface area contributed by atoms with E-state index in [1.54, 1.807) is 7.05 Å². The lowest BCUT2D eigenvalue weighted by Gasteiger charge is -2.25. The highest BCUT2D eigenvalue weighted by Gasteiger charge is 2.25. The Bertz CT molecular complexity index is 155. The number of thiol groups is 1. The van der Waals surface area contributed by atoms with Crippen molar-refractivity contribution in [2.75, 3.05) is 7.05 Å². The molecule has 12 heavy (non-hydrogen) atoms. The van der Waals surface area contributed by atoms with Crippen molar-refractivity contribution in [2.45, 2.75) is 31.8 Å². The highest BCUT2D eigenvalue weighted by molar-refractivity contribution is 7.75. The maximum absolute atomic E-state index is 11.2. The van der Waals surface area contributed by atoms with E-state index >= 15 is 0 Å². The maximum atomic E-state index is 11.2. The van der Waals surface area contributed by atoms with Crippen LogP contribution >= 0.6 is 12.9 Å². The summed E-state index contributed by atoms with van der Waals surface area (Å²) in [4.78, 5) is 11.2. The maximum Gasteiger partial charge on any atom is 0.222 e. The van der Waals surface area contributed by atoms with E-state index in [0.29, 0.717) is 0 Å². The lowest BCUT2D eigenvalue weighted by atomic mass is 9.87. The standard InChI is InChI=1S/C8H15NO2S/c1-9-8(10)6-2-4-7(11-12)5-3-6/h6-7,12H,2-5H2,1H3,(H,9,10). The first-order valence-electron chi connectivity index (χ1n) is 4.29. The Morgan fingerprint density at radius 3 is 2.42 bits per heavy atom. The largest absolute Gasteiger partial charge is 0.359 e. The van der Waals surface area contributed by atoms with Crippen molar-refractivity contribution < 1.29 is 8.98 Å². The van der Waals surface area contributed by atoms with Crippen molar-refractivity contribution in [1.29, 1.82) is 0 Å². The van der Waals surface area contributed by atoms with Crippen molar-refractivity contribution >= 4 is 18.8 Å². The summed E-state index contributed by atoms with van der Waals surface area (Å²) in [5.41, 5.74) is 0. The van der Waals surface area contributed by atoms with Crippen LogP contribution in [0.3, 0.4) is 0 Å². The smallest absolute Gasteiger partial charge is 0.222 e. The van der Waals surface area contributed by atoms with Gasteiger partial charge in [0.05, 0.1) is 6.10 Å². The van der Waals surface area contributed by atoms with E-state index in [-0.39, 0.29) is 17.9 Å². The third-order valence-corrected chi connectivity index (χ3v) is 2.74. The van der Waals surface area contributed by atoms with E-state index in [9.17, 15) is 4.79 Å². The minimum absolute atomic E-state index is 0.160. The molecule has 70 valence electrons. The van der Waals surface area contributed by atoms with E-state index in [1.165, 1.54) is 0 Å². The van der Waals surface area contributed by atoms with Crippen molar-refractivity contribution in [2.24, 2.45) is 5.92 Å². The van der Waals surface area contributed by atoms with E-state index in [4.69, 9.17) is 4.18 Å². The molecule has 4 heteroatoms.